The summed E-state index contributed by atoms with van der Waals surface area (Å²) in [5.74, 6) is -2.42. The van der Waals surface area contributed by atoms with Crippen LogP contribution in [0.1, 0.15) is 31.8 Å². The largest absolute Gasteiger partial charge is 0.508 e. The molecule has 0 fully saturated rings. The number of carbonyl (C=O) groups is 3. The van der Waals surface area contributed by atoms with Crippen molar-refractivity contribution in [3.63, 3.8) is 0 Å². The lowest BCUT2D eigenvalue weighted by Crippen LogP contribution is -2.28. The van der Waals surface area contributed by atoms with Gasteiger partial charge in [-0.25, -0.2) is 4.79 Å². The molecular weight excluding hydrogens is 482 g/mol. The fourth-order valence-electron chi connectivity index (χ4n) is 3.47. The summed E-state index contributed by atoms with van der Waals surface area (Å²) in [6.45, 7) is 0.184. The number of nitrogens with zero attached hydrogens (tertiary/aromatic N) is 1. The van der Waals surface area contributed by atoms with Crippen molar-refractivity contribution in [2.24, 2.45) is 0 Å². The number of carbonyl (C=O) groups excluding carboxylic acids is 2. The molecule has 3 aromatic carbocycles. The monoisotopic (exact) mass is 501 g/mol. The Labute approximate surface area is 210 Å². The lowest BCUT2D eigenvalue weighted by atomic mass is 10.1. The van der Waals surface area contributed by atoms with E-state index < -0.39 is 17.8 Å². The summed E-state index contributed by atoms with van der Waals surface area (Å²) in [5.41, 5.74) is 1.82. The zero-order chi connectivity index (χ0) is 25.7. The summed E-state index contributed by atoms with van der Waals surface area (Å²) in [5, 5.41) is 25.0. The molecule has 0 saturated carbocycles. The summed E-state index contributed by atoms with van der Waals surface area (Å²) < 4.78 is 0. The molecule has 0 saturated heterocycles. The molecule has 0 bridgehead atoms. The van der Waals surface area contributed by atoms with Gasteiger partial charge in [0.25, 0.3) is 11.8 Å². The molecule has 1 heterocycles. The van der Waals surface area contributed by atoms with E-state index in [1.165, 1.54) is 42.6 Å². The van der Waals surface area contributed by atoms with Crippen LogP contribution in [0.4, 0.5) is 0 Å². The quantitative estimate of drug-likeness (QED) is 0.278. The van der Waals surface area contributed by atoms with Gasteiger partial charge in [-0.15, -0.1) is 0 Å². The van der Waals surface area contributed by atoms with Crippen LogP contribution >= 0.6 is 11.6 Å². The molecule has 8 nitrogen and oxygen atoms in total. The first-order valence-corrected chi connectivity index (χ1v) is 11.1. The van der Waals surface area contributed by atoms with Gasteiger partial charge in [0.05, 0.1) is 16.1 Å². The minimum Gasteiger partial charge on any atom is -0.508 e. The van der Waals surface area contributed by atoms with Gasteiger partial charge in [-0.3, -0.25) is 14.6 Å². The first-order valence-electron chi connectivity index (χ1n) is 10.8. The van der Waals surface area contributed by atoms with Crippen molar-refractivity contribution >= 4 is 46.4 Å². The van der Waals surface area contributed by atoms with E-state index in [-0.39, 0.29) is 34.1 Å². The Kier molecular flexibility index (Phi) is 7.27. The van der Waals surface area contributed by atoms with E-state index in [9.17, 15) is 24.6 Å². The average molecular weight is 502 g/mol. The molecule has 36 heavy (non-hydrogen) atoms. The van der Waals surface area contributed by atoms with Crippen LogP contribution < -0.4 is 10.6 Å². The van der Waals surface area contributed by atoms with E-state index >= 15 is 0 Å². The molecule has 0 aliphatic rings. The molecule has 0 radical (unpaired) electrons. The zero-order valence-electron chi connectivity index (χ0n) is 18.7. The minimum atomic E-state index is -1.34. The number of hydrogen-bond donors (Lipinski definition) is 4. The molecule has 1 aromatic heterocycles. The standard InChI is InChI=1S/C27H20ClN3O5/c28-22-13-19(25(33)30-14-16-4-3-6-20(32)11-16)8-9-21(22)26(34)31-24(27(35)36)12-17-10-18-5-1-2-7-23(18)29-15-17/h1-13,15,32H,14H2,(H,30,33)(H,31,34)(H,35,36). The molecule has 4 N–H and O–H groups in total. The van der Waals surface area contributed by atoms with Crippen LogP contribution in [0, 0.1) is 0 Å². The number of aromatic hydroxyl groups is 1. The average Bonchev–Trinajstić information content (AvgIpc) is 2.86. The number of fused-ring (bicyclic) bond motifs is 1. The number of benzene rings is 3. The molecule has 0 atom stereocenters. The van der Waals surface area contributed by atoms with Gasteiger partial charge in [-0.05, 0) is 59.7 Å². The number of halogens is 1. The first-order chi connectivity index (χ1) is 17.3. The molecule has 0 aliphatic heterocycles. The van der Waals surface area contributed by atoms with Crippen molar-refractivity contribution in [3.8, 4) is 5.75 Å². The number of aromatic nitrogens is 1. The summed E-state index contributed by atoms with van der Waals surface area (Å²) in [4.78, 5) is 41.3. The Bertz CT molecular complexity index is 1520. The van der Waals surface area contributed by atoms with Gasteiger partial charge in [-0.1, -0.05) is 41.9 Å². The second-order valence-electron chi connectivity index (χ2n) is 7.83. The molecule has 0 aliphatic carbocycles. The van der Waals surface area contributed by atoms with Crippen molar-refractivity contribution in [3.05, 3.63) is 112 Å². The predicted molar refractivity (Wildman–Crippen MR) is 136 cm³/mol. The fourth-order valence-corrected chi connectivity index (χ4v) is 3.73. The lowest BCUT2D eigenvalue weighted by molar-refractivity contribution is -0.132. The Morgan fingerprint density at radius 2 is 1.75 bits per heavy atom. The van der Waals surface area contributed by atoms with E-state index in [1.54, 1.807) is 18.2 Å². The highest BCUT2D eigenvalue weighted by molar-refractivity contribution is 6.34. The molecule has 4 rings (SSSR count). The number of para-hydroxylation sites is 1. The summed E-state index contributed by atoms with van der Waals surface area (Å²) in [6.07, 6.45) is 2.81. The summed E-state index contributed by atoms with van der Waals surface area (Å²) in [6, 6.07) is 19.7. The summed E-state index contributed by atoms with van der Waals surface area (Å²) >= 11 is 6.24. The first kappa shape index (κ1) is 24.4. The topological polar surface area (TPSA) is 129 Å². The number of phenols is 1. The van der Waals surface area contributed by atoms with E-state index in [2.05, 4.69) is 15.6 Å². The van der Waals surface area contributed by atoms with Gasteiger partial charge >= 0.3 is 5.97 Å². The fraction of sp³-hybridized carbons (Fsp3) is 0.0370. The van der Waals surface area contributed by atoms with Crippen LogP contribution in [-0.4, -0.2) is 33.0 Å². The van der Waals surface area contributed by atoms with Gasteiger partial charge in [0, 0.05) is 23.7 Å². The molecule has 180 valence electrons. The number of carboxylic acids is 1. The Morgan fingerprint density at radius 1 is 0.944 bits per heavy atom. The minimum absolute atomic E-state index is 0.00462. The van der Waals surface area contributed by atoms with Crippen LogP contribution in [-0.2, 0) is 11.3 Å². The molecule has 0 spiro atoms. The van der Waals surface area contributed by atoms with E-state index in [4.69, 9.17) is 11.6 Å². The second-order valence-corrected chi connectivity index (χ2v) is 8.23. The molecule has 9 heteroatoms. The maximum Gasteiger partial charge on any atom is 0.352 e. The lowest BCUT2D eigenvalue weighted by Gasteiger charge is -2.10. The van der Waals surface area contributed by atoms with Crippen molar-refractivity contribution in [1.82, 2.24) is 15.6 Å². The number of phenolic OH excluding ortho intramolecular Hbond substituents is 1. The van der Waals surface area contributed by atoms with Crippen LogP contribution in [0.15, 0.2) is 84.7 Å². The maximum atomic E-state index is 12.8. The number of amides is 2. The second kappa shape index (κ2) is 10.7. The highest BCUT2D eigenvalue weighted by Gasteiger charge is 2.18. The van der Waals surface area contributed by atoms with Crippen molar-refractivity contribution in [2.75, 3.05) is 0 Å². The van der Waals surface area contributed by atoms with Gasteiger partial charge in [0.2, 0.25) is 0 Å². The SMILES string of the molecule is O=C(O)C(=Cc1cnc2ccccc2c1)NC(=O)c1ccc(C(=O)NCc2cccc(O)c2)cc1Cl. The van der Waals surface area contributed by atoms with Gasteiger partial charge in [-0.2, -0.15) is 0 Å². The smallest absolute Gasteiger partial charge is 0.352 e. The van der Waals surface area contributed by atoms with E-state index in [1.807, 2.05) is 24.3 Å². The van der Waals surface area contributed by atoms with Crippen molar-refractivity contribution in [2.45, 2.75) is 6.54 Å². The third-order valence-corrected chi connectivity index (χ3v) is 5.55. The third kappa shape index (κ3) is 5.86. The Hall–Kier alpha value is -4.69. The number of hydrogen-bond acceptors (Lipinski definition) is 5. The number of nitrogens with one attached hydrogen (secondary N) is 2. The Balaban J connectivity index is 1.48. The maximum absolute atomic E-state index is 12.8. The number of carboxylic acid groups (broad SMARTS) is 1. The number of pyridine rings is 1. The van der Waals surface area contributed by atoms with Crippen molar-refractivity contribution < 1.29 is 24.6 Å². The molecule has 0 unspecified atom stereocenters. The molecule has 2 amide bonds. The number of aliphatic carboxylic acids is 1. The third-order valence-electron chi connectivity index (χ3n) is 5.24. The van der Waals surface area contributed by atoms with Crippen LogP contribution in [0.3, 0.4) is 0 Å². The Morgan fingerprint density at radius 3 is 2.50 bits per heavy atom. The predicted octanol–water partition coefficient (Wildman–Crippen LogP) is 4.38. The van der Waals surface area contributed by atoms with Crippen LogP contribution in [0.25, 0.3) is 17.0 Å². The zero-order valence-corrected chi connectivity index (χ0v) is 19.5. The van der Waals surface area contributed by atoms with Crippen LogP contribution in [0.5, 0.6) is 5.75 Å². The van der Waals surface area contributed by atoms with E-state index in [0.29, 0.717) is 11.1 Å². The van der Waals surface area contributed by atoms with Gasteiger partial charge in [0.15, 0.2) is 0 Å². The highest BCUT2D eigenvalue weighted by atomic mass is 35.5. The number of rotatable bonds is 7. The summed E-state index contributed by atoms with van der Waals surface area (Å²) in [7, 11) is 0. The highest BCUT2D eigenvalue weighted by Crippen LogP contribution is 2.20. The molecular formula is C27H20ClN3O5. The van der Waals surface area contributed by atoms with Gasteiger partial charge in [0.1, 0.15) is 11.4 Å². The normalized spacial score (nSPS) is 11.2. The van der Waals surface area contributed by atoms with E-state index in [0.717, 1.165) is 10.9 Å². The van der Waals surface area contributed by atoms with Crippen molar-refractivity contribution in [1.29, 1.82) is 0 Å². The van der Waals surface area contributed by atoms with Crippen LogP contribution in [0.2, 0.25) is 5.02 Å². The molecule has 4 aromatic rings. The van der Waals surface area contributed by atoms with Gasteiger partial charge < -0.3 is 20.8 Å².